The summed E-state index contributed by atoms with van der Waals surface area (Å²) in [6, 6.07) is 11.2. The smallest absolute Gasteiger partial charge is 0.261 e. The first kappa shape index (κ1) is 14.0. The average molecular weight is 340 g/mol. The second kappa shape index (κ2) is 6.17. The van der Waals surface area contributed by atoms with Gasteiger partial charge in [0.1, 0.15) is 5.15 Å². The highest BCUT2D eigenvalue weighted by Gasteiger charge is 2.19. The van der Waals surface area contributed by atoms with Gasteiger partial charge in [0, 0.05) is 22.9 Å². The standard InChI is InChI=1S/C14H12BrClN2O/c1-2-18(11-6-4-3-5-7-11)14(19)12-8-10(15)9-17-13(12)16/h3-9H,2H2,1H3. The van der Waals surface area contributed by atoms with Gasteiger partial charge in [0.2, 0.25) is 0 Å². The molecule has 0 unspecified atom stereocenters. The van der Waals surface area contributed by atoms with Crippen LogP contribution in [0.1, 0.15) is 17.3 Å². The number of carbonyl (C=O) groups is 1. The molecule has 0 aliphatic rings. The molecule has 2 aromatic rings. The number of carbonyl (C=O) groups excluding carboxylic acids is 1. The van der Waals surface area contributed by atoms with Crippen LogP contribution in [-0.2, 0) is 0 Å². The van der Waals surface area contributed by atoms with Crippen molar-refractivity contribution in [2.45, 2.75) is 6.92 Å². The summed E-state index contributed by atoms with van der Waals surface area (Å²) in [6.45, 7) is 2.48. The van der Waals surface area contributed by atoms with Gasteiger partial charge in [0.15, 0.2) is 0 Å². The van der Waals surface area contributed by atoms with Gasteiger partial charge in [-0.3, -0.25) is 4.79 Å². The first-order valence-electron chi connectivity index (χ1n) is 5.81. The molecule has 98 valence electrons. The van der Waals surface area contributed by atoms with Crippen LogP contribution in [0.5, 0.6) is 0 Å². The first-order valence-corrected chi connectivity index (χ1v) is 6.98. The normalized spacial score (nSPS) is 10.3. The summed E-state index contributed by atoms with van der Waals surface area (Å²) in [7, 11) is 0. The first-order chi connectivity index (χ1) is 9.13. The van der Waals surface area contributed by atoms with E-state index in [-0.39, 0.29) is 11.1 Å². The van der Waals surface area contributed by atoms with E-state index >= 15 is 0 Å². The summed E-state index contributed by atoms with van der Waals surface area (Å²) in [6.07, 6.45) is 1.57. The maximum absolute atomic E-state index is 12.5. The van der Waals surface area contributed by atoms with Gasteiger partial charge in [0.05, 0.1) is 5.56 Å². The van der Waals surface area contributed by atoms with Gasteiger partial charge >= 0.3 is 0 Å². The van der Waals surface area contributed by atoms with E-state index in [1.807, 2.05) is 37.3 Å². The number of amides is 1. The number of aromatic nitrogens is 1. The molecule has 2 rings (SSSR count). The highest BCUT2D eigenvalue weighted by Crippen LogP contribution is 2.22. The Morgan fingerprint density at radius 3 is 2.68 bits per heavy atom. The zero-order valence-corrected chi connectivity index (χ0v) is 12.6. The Balaban J connectivity index is 2.39. The maximum Gasteiger partial charge on any atom is 0.261 e. The van der Waals surface area contributed by atoms with Crippen LogP contribution in [0.3, 0.4) is 0 Å². The molecule has 1 aromatic heterocycles. The van der Waals surface area contributed by atoms with E-state index in [2.05, 4.69) is 20.9 Å². The monoisotopic (exact) mass is 338 g/mol. The van der Waals surface area contributed by atoms with Gasteiger partial charge < -0.3 is 4.90 Å². The van der Waals surface area contributed by atoms with Crippen LogP contribution in [0.2, 0.25) is 5.15 Å². The van der Waals surface area contributed by atoms with Crippen molar-refractivity contribution in [1.82, 2.24) is 4.98 Å². The van der Waals surface area contributed by atoms with Crippen molar-refractivity contribution in [3.8, 4) is 0 Å². The second-order valence-corrected chi connectivity index (χ2v) is 5.15. The number of pyridine rings is 1. The van der Waals surface area contributed by atoms with Gasteiger partial charge in [-0.15, -0.1) is 0 Å². The van der Waals surface area contributed by atoms with Crippen molar-refractivity contribution in [1.29, 1.82) is 0 Å². The lowest BCUT2D eigenvalue weighted by atomic mass is 10.2. The summed E-state index contributed by atoms with van der Waals surface area (Å²) in [4.78, 5) is 18.2. The molecule has 1 amide bonds. The Labute approximate surface area is 125 Å². The lowest BCUT2D eigenvalue weighted by Gasteiger charge is -2.21. The summed E-state index contributed by atoms with van der Waals surface area (Å²) in [5, 5.41) is 0.211. The van der Waals surface area contributed by atoms with Crippen molar-refractivity contribution in [3.63, 3.8) is 0 Å². The van der Waals surface area contributed by atoms with E-state index in [0.717, 1.165) is 10.2 Å². The van der Waals surface area contributed by atoms with Crippen molar-refractivity contribution >= 4 is 39.1 Å². The average Bonchev–Trinajstić information content (AvgIpc) is 2.43. The molecule has 0 bridgehead atoms. The molecular formula is C14H12BrClN2O. The molecule has 0 atom stereocenters. The minimum absolute atomic E-state index is 0.160. The van der Waals surface area contributed by atoms with Gasteiger partial charge in [-0.05, 0) is 41.1 Å². The summed E-state index contributed by atoms with van der Waals surface area (Å²) in [5.41, 5.74) is 1.23. The predicted octanol–water partition coefficient (Wildman–Crippen LogP) is 4.16. The number of benzene rings is 1. The highest BCUT2D eigenvalue weighted by atomic mass is 79.9. The third-order valence-corrected chi connectivity index (χ3v) is 3.40. The SMILES string of the molecule is CCN(C(=O)c1cc(Br)cnc1Cl)c1ccccc1. The quantitative estimate of drug-likeness (QED) is 0.787. The number of halogens is 2. The van der Waals surface area contributed by atoms with E-state index < -0.39 is 0 Å². The highest BCUT2D eigenvalue weighted by molar-refractivity contribution is 9.10. The molecule has 0 saturated heterocycles. The molecule has 0 radical (unpaired) electrons. The van der Waals surface area contributed by atoms with E-state index in [1.165, 1.54) is 0 Å². The maximum atomic E-state index is 12.5. The molecule has 0 fully saturated rings. The number of hydrogen-bond donors (Lipinski definition) is 0. The fraction of sp³-hybridized carbons (Fsp3) is 0.143. The lowest BCUT2D eigenvalue weighted by Crippen LogP contribution is -2.30. The van der Waals surface area contributed by atoms with Gasteiger partial charge in [-0.25, -0.2) is 4.98 Å². The zero-order valence-electron chi connectivity index (χ0n) is 10.3. The fourth-order valence-electron chi connectivity index (χ4n) is 1.77. The summed E-state index contributed by atoms with van der Waals surface area (Å²) >= 11 is 9.30. The van der Waals surface area contributed by atoms with Crippen LogP contribution in [0, 0.1) is 0 Å². The summed E-state index contributed by atoms with van der Waals surface area (Å²) < 4.78 is 0.726. The van der Waals surface area contributed by atoms with Crippen molar-refractivity contribution < 1.29 is 4.79 Å². The number of para-hydroxylation sites is 1. The van der Waals surface area contributed by atoms with E-state index in [0.29, 0.717) is 12.1 Å². The van der Waals surface area contributed by atoms with E-state index in [9.17, 15) is 4.79 Å². The Kier molecular flexibility index (Phi) is 4.56. The van der Waals surface area contributed by atoms with Crippen molar-refractivity contribution in [2.24, 2.45) is 0 Å². The molecule has 0 N–H and O–H groups in total. The van der Waals surface area contributed by atoms with Crippen LogP contribution in [0.15, 0.2) is 47.1 Å². The molecule has 1 heterocycles. The zero-order chi connectivity index (χ0) is 13.8. The van der Waals surface area contributed by atoms with Crippen LogP contribution in [-0.4, -0.2) is 17.4 Å². The second-order valence-electron chi connectivity index (χ2n) is 3.88. The number of hydrogen-bond acceptors (Lipinski definition) is 2. The summed E-state index contributed by atoms with van der Waals surface area (Å²) in [5.74, 6) is -0.160. The lowest BCUT2D eigenvalue weighted by molar-refractivity contribution is 0.0988. The predicted molar refractivity (Wildman–Crippen MR) is 80.7 cm³/mol. The Hall–Kier alpha value is -1.39. The van der Waals surface area contributed by atoms with Crippen LogP contribution >= 0.6 is 27.5 Å². The third kappa shape index (κ3) is 3.14. The number of nitrogens with zero attached hydrogens (tertiary/aromatic N) is 2. The molecule has 19 heavy (non-hydrogen) atoms. The molecule has 0 spiro atoms. The molecule has 3 nitrogen and oxygen atoms in total. The van der Waals surface area contributed by atoms with Gasteiger partial charge in [-0.1, -0.05) is 29.8 Å². The molecule has 0 saturated carbocycles. The fourth-order valence-corrected chi connectivity index (χ4v) is 2.28. The minimum atomic E-state index is -0.160. The Morgan fingerprint density at radius 2 is 2.05 bits per heavy atom. The Morgan fingerprint density at radius 1 is 1.37 bits per heavy atom. The molecular weight excluding hydrogens is 328 g/mol. The number of anilines is 1. The van der Waals surface area contributed by atoms with Crippen molar-refractivity contribution in [3.05, 3.63) is 57.8 Å². The Bertz CT molecular complexity index is 589. The van der Waals surface area contributed by atoms with E-state index in [4.69, 9.17) is 11.6 Å². The third-order valence-electron chi connectivity index (χ3n) is 2.67. The van der Waals surface area contributed by atoms with E-state index in [1.54, 1.807) is 17.2 Å². The largest absolute Gasteiger partial charge is 0.309 e. The topological polar surface area (TPSA) is 33.2 Å². The molecule has 1 aromatic carbocycles. The van der Waals surface area contributed by atoms with Gasteiger partial charge in [-0.2, -0.15) is 0 Å². The van der Waals surface area contributed by atoms with Crippen molar-refractivity contribution in [2.75, 3.05) is 11.4 Å². The minimum Gasteiger partial charge on any atom is -0.309 e. The molecule has 0 aliphatic carbocycles. The van der Waals surface area contributed by atoms with Crippen LogP contribution in [0.4, 0.5) is 5.69 Å². The van der Waals surface area contributed by atoms with Crippen LogP contribution in [0.25, 0.3) is 0 Å². The molecule has 5 heteroatoms. The molecule has 0 aliphatic heterocycles. The van der Waals surface area contributed by atoms with Gasteiger partial charge in [0.25, 0.3) is 5.91 Å². The van der Waals surface area contributed by atoms with Crippen LogP contribution < -0.4 is 4.90 Å². The number of rotatable bonds is 3.